The standard InChI is InChI=1S/C9H7NO5.C9H8O3/c11-8(12)5-4-6-2-1-3-7(9(6)13)10(14)15;10-8-4-2-1-3-7(8)5-6-9(11)12/h1-5,13H,(H,11,12);1-6,10H,(H,11,12)/b5-4+;6-5+. The number of carbonyl (C=O) groups is 2. The molecule has 2 aromatic rings. The van der Waals surface area contributed by atoms with E-state index in [1.165, 1.54) is 24.3 Å². The first kappa shape index (κ1) is 20.9. The molecule has 27 heavy (non-hydrogen) atoms. The molecule has 0 saturated carbocycles. The number of hydrogen-bond donors (Lipinski definition) is 4. The van der Waals surface area contributed by atoms with E-state index in [2.05, 4.69) is 0 Å². The Hall–Kier alpha value is -4.14. The Bertz CT molecular complexity index is 902. The highest BCUT2D eigenvalue weighted by molar-refractivity contribution is 5.86. The van der Waals surface area contributed by atoms with Crippen molar-refractivity contribution < 1.29 is 34.9 Å². The van der Waals surface area contributed by atoms with Crippen molar-refractivity contribution in [2.45, 2.75) is 0 Å². The van der Waals surface area contributed by atoms with Crippen molar-refractivity contribution in [3.8, 4) is 11.5 Å². The molecule has 0 heterocycles. The number of carboxylic acids is 2. The van der Waals surface area contributed by atoms with Crippen LogP contribution in [0.5, 0.6) is 11.5 Å². The molecule has 0 fully saturated rings. The molecule has 0 aliphatic carbocycles. The molecule has 0 aliphatic heterocycles. The Morgan fingerprint density at radius 2 is 1.37 bits per heavy atom. The predicted octanol–water partition coefficient (Wildman–Crippen LogP) is 2.89. The summed E-state index contributed by atoms with van der Waals surface area (Å²) in [6.45, 7) is 0. The van der Waals surface area contributed by atoms with Gasteiger partial charge in [-0.2, -0.15) is 0 Å². The number of aromatic hydroxyl groups is 2. The summed E-state index contributed by atoms with van der Waals surface area (Å²) in [6, 6.07) is 10.4. The molecule has 2 aromatic carbocycles. The smallest absolute Gasteiger partial charge is 0.328 e. The number of nitrogens with zero attached hydrogens (tertiary/aromatic N) is 1. The molecular formula is C18H15NO8. The molecule has 0 radical (unpaired) electrons. The van der Waals surface area contributed by atoms with Crippen LogP contribution in [0.4, 0.5) is 5.69 Å². The highest BCUT2D eigenvalue weighted by Crippen LogP contribution is 2.29. The summed E-state index contributed by atoms with van der Waals surface area (Å²) in [5.74, 6) is -2.69. The zero-order valence-corrected chi connectivity index (χ0v) is 13.7. The Labute approximate surface area is 152 Å². The van der Waals surface area contributed by atoms with E-state index in [-0.39, 0.29) is 11.3 Å². The van der Waals surface area contributed by atoms with Crippen molar-refractivity contribution in [1.29, 1.82) is 0 Å². The Kier molecular flexibility index (Phi) is 7.73. The summed E-state index contributed by atoms with van der Waals surface area (Å²) in [7, 11) is 0. The van der Waals surface area contributed by atoms with Gasteiger partial charge in [-0.05, 0) is 18.2 Å². The van der Waals surface area contributed by atoms with Gasteiger partial charge < -0.3 is 20.4 Å². The zero-order chi connectivity index (χ0) is 20.4. The van der Waals surface area contributed by atoms with Crippen LogP contribution in [-0.4, -0.2) is 37.3 Å². The van der Waals surface area contributed by atoms with Gasteiger partial charge in [0.25, 0.3) is 0 Å². The molecule has 0 bridgehead atoms. The Morgan fingerprint density at radius 1 is 0.852 bits per heavy atom. The maximum Gasteiger partial charge on any atom is 0.328 e. The molecule has 0 aliphatic rings. The molecule has 9 nitrogen and oxygen atoms in total. The highest BCUT2D eigenvalue weighted by Gasteiger charge is 2.14. The fourth-order valence-electron chi connectivity index (χ4n) is 1.78. The molecule has 4 N–H and O–H groups in total. The average Bonchev–Trinajstić information content (AvgIpc) is 2.60. The summed E-state index contributed by atoms with van der Waals surface area (Å²) in [5.41, 5.74) is 0.133. The zero-order valence-electron chi connectivity index (χ0n) is 13.7. The maximum atomic E-state index is 10.4. The third-order valence-electron chi connectivity index (χ3n) is 2.99. The van der Waals surface area contributed by atoms with Gasteiger partial charge in [-0.3, -0.25) is 10.1 Å². The average molecular weight is 373 g/mol. The third kappa shape index (κ3) is 7.10. The molecule has 0 unspecified atom stereocenters. The number of carboxylic acid groups (broad SMARTS) is 2. The molecule has 0 aromatic heterocycles. The van der Waals surface area contributed by atoms with Crippen molar-refractivity contribution in [3.63, 3.8) is 0 Å². The van der Waals surface area contributed by atoms with E-state index < -0.39 is 28.3 Å². The predicted molar refractivity (Wildman–Crippen MR) is 96.2 cm³/mol. The summed E-state index contributed by atoms with van der Waals surface area (Å²) in [5, 5.41) is 45.6. The lowest BCUT2D eigenvalue weighted by molar-refractivity contribution is -0.385. The lowest BCUT2D eigenvalue weighted by Crippen LogP contribution is -1.90. The summed E-state index contributed by atoms with van der Waals surface area (Å²) in [4.78, 5) is 30.0. The number of benzene rings is 2. The molecular weight excluding hydrogens is 358 g/mol. The van der Waals surface area contributed by atoms with Gasteiger partial charge in [0.05, 0.1) is 4.92 Å². The Balaban J connectivity index is 0.000000277. The molecule has 0 spiro atoms. The van der Waals surface area contributed by atoms with Crippen LogP contribution in [0.3, 0.4) is 0 Å². The van der Waals surface area contributed by atoms with E-state index in [0.717, 1.165) is 24.3 Å². The second kappa shape index (κ2) is 9.99. The van der Waals surface area contributed by atoms with Crippen LogP contribution < -0.4 is 0 Å². The molecule has 0 saturated heterocycles. The SMILES string of the molecule is O=C(O)/C=C/c1cccc([N+](=O)[O-])c1O.O=C(O)/C=C/c1ccccc1O. The second-order valence-corrected chi connectivity index (χ2v) is 4.87. The first-order chi connectivity index (χ1) is 12.7. The number of rotatable bonds is 5. The van der Waals surface area contributed by atoms with Crippen molar-refractivity contribution >= 4 is 29.8 Å². The van der Waals surface area contributed by atoms with E-state index in [1.54, 1.807) is 18.2 Å². The van der Waals surface area contributed by atoms with Crippen LogP contribution >= 0.6 is 0 Å². The number of nitro benzene ring substituents is 1. The summed E-state index contributed by atoms with van der Waals surface area (Å²) < 4.78 is 0. The molecule has 2 rings (SSSR count). The number of aliphatic carboxylic acids is 2. The number of para-hydroxylation sites is 2. The second-order valence-electron chi connectivity index (χ2n) is 4.87. The number of phenols is 2. The third-order valence-corrected chi connectivity index (χ3v) is 2.99. The largest absolute Gasteiger partial charge is 0.507 e. The number of phenolic OH excluding ortho intramolecular Hbond substituents is 2. The van der Waals surface area contributed by atoms with Crippen LogP contribution in [0.15, 0.2) is 54.6 Å². The summed E-state index contributed by atoms with van der Waals surface area (Å²) in [6.07, 6.45) is 4.20. The lowest BCUT2D eigenvalue weighted by Gasteiger charge is -1.98. The van der Waals surface area contributed by atoms with Crippen LogP contribution in [-0.2, 0) is 9.59 Å². The van der Waals surface area contributed by atoms with E-state index in [9.17, 15) is 29.9 Å². The first-order valence-electron chi connectivity index (χ1n) is 7.28. The van der Waals surface area contributed by atoms with E-state index in [1.807, 2.05) is 0 Å². The van der Waals surface area contributed by atoms with Crippen LogP contribution in [0, 0.1) is 10.1 Å². The Morgan fingerprint density at radius 3 is 1.89 bits per heavy atom. The maximum absolute atomic E-state index is 10.4. The topological polar surface area (TPSA) is 158 Å². The van der Waals surface area contributed by atoms with Crippen LogP contribution in [0.25, 0.3) is 12.2 Å². The monoisotopic (exact) mass is 373 g/mol. The van der Waals surface area contributed by atoms with Gasteiger partial charge in [-0.15, -0.1) is 0 Å². The quantitative estimate of drug-likeness (QED) is 0.354. The van der Waals surface area contributed by atoms with Gasteiger partial charge in [0.2, 0.25) is 5.75 Å². The number of hydrogen-bond acceptors (Lipinski definition) is 6. The van der Waals surface area contributed by atoms with Crippen LogP contribution in [0.2, 0.25) is 0 Å². The van der Waals surface area contributed by atoms with Gasteiger partial charge >= 0.3 is 17.6 Å². The fraction of sp³-hybridized carbons (Fsp3) is 0. The minimum atomic E-state index is -1.19. The summed E-state index contributed by atoms with van der Waals surface area (Å²) >= 11 is 0. The number of nitro groups is 1. The fourth-order valence-corrected chi connectivity index (χ4v) is 1.78. The van der Waals surface area contributed by atoms with E-state index in [4.69, 9.17) is 10.2 Å². The highest BCUT2D eigenvalue weighted by atomic mass is 16.6. The molecule has 0 atom stereocenters. The van der Waals surface area contributed by atoms with E-state index >= 15 is 0 Å². The first-order valence-corrected chi connectivity index (χ1v) is 7.28. The van der Waals surface area contributed by atoms with Gasteiger partial charge in [0, 0.05) is 29.3 Å². The lowest BCUT2D eigenvalue weighted by atomic mass is 10.1. The minimum Gasteiger partial charge on any atom is -0.507 e. The minimum absolute atomic E-state index is 0.0787. The van der Waals surface area contributed by atoms with E-state index in [0.29, 0.717) is 5.56 Å². The molecule has 0 amide bonds. The van der Waals surface area contributed by atoms with Gasteiger partial charge in [-0.25, -0.2) is 9.59 Å². The van der Waals surface area contributed by atoms with Gasteiger partial charge in [0.15, 0.2) is 0 Å². The van der Waals surface area contributed by atoms with Crippen molar-refractivity contribution in [3.05, 3.63) is 75.9 Å². The molecule has 140 valence electrons. The normalized spacial score (nSPS) is 10.4. The molecule has 9 heteroatoms. The van der Waals surface area contributed by atoms with Crippen molar-refractivity contribution in [2.75, 3.05) is 0 Å². The van der Waals surface area contributed by atoms with Crippen LogP contribution in [0.1, 0.15) is 11.1 Å². The van der Waals surface area contributed by atoms with Crippen molar-refractivity contribution in [1.82, 2.24) is 0 Å². The van der Waals surface area contributed by atoms with Crippen molar-refractivity contribution in [2.24, 2.45) is 0 Å². The van der Waals surface area contributed by atoms with Gasteiger partial charge in [0.1, 0.15) is 5.75 Å². The van der Waals surface area contributed by atoms with Gasteiger partial charge in [-0.1, -0.05) is 30.3 Å².